The molecule has 2 aromatic carbocycles. The first-order chi connectivity index (χ1) is 14.8. The molecule has 0 saturated carbocycles. The molecular formula is C23H24F3N3O2S. The summed E-state index contributed by atoms with van der Waals surface area (Å²) in [5, 5.41) is 8.91. The maximum atomic E-state index is 13.0. The van der Waals surface area contributed by atoms with E-state index in [0.717, 1.165) is 0 Å². The molecule has 0 fully saturated rings. The molecule has 3 aromatic rings. The van der Waals surface area contributed by atoms with Crippen molar-refractivity contribution in [2.45, 2.75) is 68.0 Å². The summed E-state index contributed by atoms with van der Waals surface area (Å²) in [6.07, 6.45) is -4.67. The van der Waals surface area contributed by atoms with Crippen LogP contribution in [0.2, 0.25) is 0 Å². The molecule has 0 N–H and O–H groups in total. The van der Waals surface area contributed by atoms with Crippen LogP contribution >= 0.6 is 0 Å². The highest BCUT2D eigenvalue weighted by atomic mass is 32.2. The smallest absolute Gasteiger partial charge is 0.328 e. The van der Waals surface area contributed by atoms with Gasteiger partial charge in [-0.1, -0.05) is 20.8 Å². The maximum Gasteiger partial charge on any atom is 0.389 e. The zero-order valence-electron chi connectivity index (χ0n) is 18.1. The summed E-state index contributed by atoms with van der Waals surface area (Å²) in [6.45, 7) is 6.22. The number of hydrogen-bond donors (Lipinski definition) is 0. The van der Waals surface area contributed by atoms with E-state index in [-0.39, 0.29) is 21.6 Å². The van der Waals surface area contributed by atoms with E-state index in [1.807, 2.05) is 31.4 Å². The lowest BCUT2D eigenvalue weighted by Crippen LogP contribution is -2.19. The first-order valence-electron chi connectivity index (χ1n) is 10.2. The molecule has 9 heteroatoms. The van der Waals surface area contributed by atoms with Crippen molar-refractivity contribution in [3.8, 4) is 6.07 Å². The molecule has 0 radical (unpaired) electrons. The maximum absolute atomic E-state index is 13.0. The summed E-state index contributed by atoms with van der Waals surface area (Å²) in [5.74, 6) is 0.687. The normalized spacial score (nSPS) is 12.8. The van der Waals surface area contributed by atoms with Gasteiger partial charge in [-0.3, -0.25) is 0 Å². The molecule has 0 bridgehead atoms. The molecule has 170 valence electrons. The van der Waals surface area contributed by atoms with Gasteiger partial charge in [0.1, 0.15) is 5.82 Å². The van der Waals surface area contributed by atoms with Crippen LogP contribution in [0.1, 0.15) is 51.4 Å². The van der Waals surface area contributed by atoms with Crippen molar-refractivity contribution in [2.24, 2.45) is 0 Å². The topological polar surface area (TPSA) is 75.8 Å². The van der Waals surface area contributed by atoms with E-state index in [0.29, 0.717) is 35.4 Å². The molecular weight excluding hydrogens is 439 g/mol. The Balaban J connectivity index is 1.98. The third-order valence-electron chi connectivity index (χ3n) is 5.09. The van der Waals surface area contributed by atoms with Gasteiger partial charge in [-0.2, -0.15) is 18.4 Å². The van der Waals surface area contributed by atoms with Crippen LogP contribution in [-0.2, 0) is 21.8 Å². The minimum atomic E-state index is -4.18. The Labute approximate surface area is 185 Å². The molecule has 0 amide bonds. The van der Waals surface area contributed by atoms with Crippen LogP contribution in [-0.4, -0.2) is 24.1 Å². The van der Waals surface area contributed by atoms with Crippen LogP contribution in [0.3, 0.4) is 0 Å². The largest absolute Gasteiger partial charge is 0.389 e. The van der Waals surface area contributed by atoms with Gasteiger partial charge in [-0.15, -0.1) is 0 Å². The van der Waals surface area contributed by atoms with Crippen LogP contribution in [0.4, 0.5) is 13.2 Å². The number of halogens is 3. The van der Waals surface area contributed by atoms with Gasteiger partial charge >= 0.3 is 6.18 Å². The van der Waals surface area contributed by atoms with Gasteiger partial charge in [-0.25, -0.2) is 13.4 Å². The highest BCUT2D eigenvalue weighted by molar-refractivity contribution is 7.91. The minimum absolute atomic E-state index is 0.0118. The number of aryl methyl sites for hydroxylation is 1. The van der Waals surface area contributed by atoms with Crippen molar-refractivity contribution in [2.75, 3.05) is 0 Å². The number of benzene rings is 2. The fourth-order valence-corrected chi connectivity index (χ4v) is 4.80. The SMILES string of the molecule is CC(C)(C)c1nc2cc(S(=O)(=O)c3ccc(C#N)cc3)ccc2n1CCCCC(F)(F)F. The standard InChI is InChI=1S/C23H24F3N3O2S/c1-22(2,3)21-28-19-14-18(32(30,31)17-8-6-16(15-27)7-9-17)10-11-20(19)29(21)13-5-4-12-23(24,25)26/h6-11,14H,4-5,12-13H2,1-3H3. The number of nitriles is 1. The lowest BCUT2D eigenvalue weighted by Gasteiger charge is -2.20. The van der Waals surface area contributed by atoms with Gasteiger partial charge < -0.3 is 4.57 Å². The zero-order chi connectivity index (χ0) is 23.7. The van der Waals surface area contributed by atoms with E-state index in [4.69, 9.17) is 5.26 Å². The second kappa shape index (κ2) is 8.58. The molecule has 0 saturated heterocycles. The Bertz CT molecular complexity index is 1260. The van der Waals surface area contributed by atoms with Crippen LogP contribution in [0.5, 0.6) is 0 Å². The van der Waals surface area contributed by atoms with Gasteiger partial charge in [-0.05, 0) is 55.3 Å². The number of fused-ring (bicyclic) bond motifs is 1. The molecule has 3 rings (SSSR count). The minimum Gasteiger partial charge on any atom is -0.328 e. The average molecular weight is 464 g/mol. The lowest BCUT2D eigenvalue weighted by atomic mass is 9.95. The molecule has 1 aromatic heterocycles. The Morgan fingerprint density at radius 1 is 1.00 bits per heavy atom. The van der Waals surface area contributed by atoms with Gasteiger partial charge in [0.15, 0.2) is 0 Å². The van der Waals surface area contributed by atoms with Crippen LogP contribution in [0.15, 0.2) is 52.3 Å². The Kier molecular flexibility index (Phi) is 6.38. The van der Waals surface area contributed by atoms with E-state index in [1.165, 1.54) is 36.4 Å². The van der Waals surface area contributed by atoms with Gasteiger partial charge in [0, 0.05) is 18.4 Å². The summed E-state index contributed by atoms with van der Waals surface area (Å²) in [5.41, 5.74) is 1.13. The van der Waals surface area contributed by atoms with E-state index in [9.17, 15) is 21.6 Å². The number of aromatic nitrogens is 2. The van der Waals surface area contributed by atoms with Crippen molar-refractivity contribution < 1.29 is 21.6 Å². The number of rotatable bonds is 6. The molecule has 0 aliphatic carbocycles. The molecule has 0 unspecified atom stereocenters. The number of alkyl halides is 3. The van der Waals surface area contributed by atoms with Gasteiger partial charge in [0.05, 0.1) is 32.5 Å². The van der Waals surface area contributed by atoms with Crippen molar-refractivity contribution >= 4 is 20.9 Å². The second-order valence-electron chi connectivity index (χ2n) is 8.70. The van der Waals surface area contributed by atoms with Crippen molar-refractivity contribution in [3.63, 3.8) is 0 Å². The van der Waals surface area contributed by atoms with E-state index >= 15 is 0 Å². The van der Waals surface area contributed by atoms with E-state index in [2.05, 4.69) is 4.98 Å². The molecule has 1 heterocycles. The highest BCUT2D eigenvalue weighted by Gasteiger charge is 2.27. The van der Waals surface area contributed by atoms with Crippen LogP contribution < -0.4 is 0 Å². The van der Waals surface area contributed by atoms with Crippen LogP contribution in [0.25, 0.3) is 11.0 Å². The molecule has 0 spiro atoms. The summed E-state index contributed by atoms with van der Waals surface area (Å²) in [4.78, 5) is 4.77. The third kappa shape index (κ3) is 5.13. The van der Waals surface area contributed by atoms with Crippen molar-refractivity contribution in [1.82, 2.24) is 9.55 Å². The summed E-state index contributed by atoms with van der Waals surface area (Å²) in [6, 6.07) is 12.2. The molecule has 0 aliphatic rings. The first-order valence-corrected chi connectivity index (χ1v) is 11.6. The van der Waals surface area contributed by atoms with Crippen molar-refractivity contribution in [3.05, 3.63) is 53.9 Å². The number of sulfone groups is 1. The average Bonchev–Trinajstić information content (AvgIpc) is 3.09. The third-order valence-corrected chi connectivity index (χ3v) is 6.85. The van der Waals surface area contributed by atoms with Gasteiger partial charge in [0.25, 0.3) is 0 Å². The molecule has 0 atom stereocenters. The van der Waals surface area contributed by atoms with Gasteiger partial charge in [0.2, 0.25) is 9.84 Å². The number of hydrogen-bond acceptors (Lipinski definition) is 4. The summed E-state index contributed by atoms with van der Waals surface area (Å²) >= 11 is 0. The summed E-state index contributed by atoms with van der Waals surface area (Å²) in [7, 11) is -3.82. The number of nitrogens with zero attached hydrogens (tertiary/aromatic N) is 3. The van der Waals surface area contributed by atoms with Crippen molar-refractivity contribution in [1.29, 1.82) is 5.26 Å². The highest BCUT2D eigenvalue weighted by Crippen LogP contribution is 2.30. The quantitative estimate of drug-likeness (QED) is 0.435. The first kappa shape index (κ1) is 23.8. The fraction of sp³-hybridized carbons (Fsp3) is 0.391. The van der Waals surface area contributed by atoms with E-state index in [1.54, 1.807) is 6.07 Å². The predicted octanol–water partition coefficient (Wildman–Crippen LogP) is 5.77. The predicted molar refractivity (Wildman–Crippen MR) is 115 cm³/mol. The Hall–Kier alpha value is -2.86. The lowest BCUT2D eigenvalue weighted by molar-refractivity contribution is -0.135. The Morgan fingerprint density at radius 3 is 2.19 bits per heavy atom. The Morgan fingerprint density at radius 2 is 1.62 bits per heavy atom. The number of imidazole rings is 1. The number of unbranched alkanes of at least 4 members (excludes halogenated alkanes) is 1. The fourth-order valence-electron chi connectivity index (χ4n) is 3.52. The summed E-state index contributed by atoms with van der Waals surface area (Å²) < 4.78 is 65.4. The van der Waals surface area contributed by atoms with E-state index < -0.39 is 22.4 Å². The zero-order valence-corrected chi connectivity index (χ0v) is 18.9. The van der Waals surface area contributed by atoms with Crippen LogP contribution in [0, 0.1) is 11.3 Å². The second-order valence-corrected chi connectivity index (χ2v) is 10.6. The monoisotopic (exact) mass is 463 g/mol. The molecule has 0 aliphatic heterocycles. The molecule has 32 heavy (non-hydrogen) atoms. The molecule has 5 nitrogen and oxygen atoms in total.